The van der Waals surface area contributed by atoms with Crippen LogP contribution in [0.5, 0.6) is 5.75 Å². The highest BCUT2D eigenvalue weighted by Gasteiger charge is 2.09. The van der Waals surface area contributed by atoms with Crippen LogP contribution in [0.25, 0.3) is 0 Å². The highest BCUT2D eigenvalue weighted by molar-refractivity contribution is 5.95. The topological polar surface area (TPSA) is 88.2 Å². The van der Waals surface area contributed by atoms with Crippen LogP contribution in [0.4, 0.5) is 0 Å². The molecule has 1 aromatic heterocycles. The van der Waals surface area contributed by atoms with E-state index in [1.54, 1.807) is 19.1 Å². The van der Waals surface area contributed by atoms with Gasteiger partial charge in [-0.1, -0.05) is 5.16 Å². The van der Waals surface area contributed by atoms with E-state index in [0.29, 0.717) is 24.4 Å². The lowest BCUT2D eigenvalue weighted by Gasteiger charge is -2.06. The van der Waals surface area contributed by atoms with Gasteiger partial charge in [0.2, 0.25) is 6.39 Å². The third-order valence-electron chi connectivity index (χ3n) is 2.50. The first-order chi connectivity index (χ1) is 8.66. The maximum atomic E-state index is 11.8. The van der Waals surface area contributed by atoms with Crippen LogP contribution < -0.4 is 5.32 Å². The van der Waals surface area contributed by atoms with Crippen molar-refractivity contribution < 1.29 is 14.4 Å². The SMILES string of the molecule is Cc1cc(O)ccc1C(=O)NCCc1ncon1. The molecule has 2 aromatic rings. The molecule has 6 heteroatoms. The molecule has 1 aromatic carbocycles. The highest BCUT2D eigenvalue weighted by Crippen LogP contribution is 2.15. The van der Waals surface area contributed by atoms with Crippen molar-refractivity contribution in [3.63, 3.8) is 0 Å². The Hall–Kier alpha value is -2.37. The summed E-state index contributed by atoms with van der Waals surface area (Å²) in [6.07, 6.45) is 1.76. The molecule has 0 atom stereocenters. The fourth-order valence-electron chi connectivity index (χ4n) is 1.59. The summed E-state index contributed by atoms with van der Waals surface area (Å²) < 4.78 is 4.59. The van der Waals surface area contributed by atoms with E-state index in [4.69, 9.17) is 0 Å². The minimum absolute atomic E-state index is 0.149. The third-order valence-corrected chi connectivity index (χ3v) is 2.50. The predicted octanol–water partition coefficient (Wildman–Crippen LogP) is 1.06. The smallest absolute Gasteiger partial charge is 0.251 e. The van der Waals surface area contributed by atoms with Crippen molar-refractivity contribution in [2.24, 2.45) is 0 Å². The molecule has 18 heavy (non-hydrogen) atoms. The number of hydrogen-bond donors (Lipinski definition) is 2. The summed E-state index contributed by atoms with van der Waals surface area (Å²) in [5.41, 5.74) is 1.27. The van der Waals surface area contributed by atoms with E-state index in [2.05, 4.69) is 20.0 Å². The van der Waals surface area contributed by atoms with Gasteiger partial charge < -0.3 is 14.9 Å². The summed E-state index contributed by atoms with van der Waals surface area (Å²) in [5, 5.41) is 15.7. The monoisotopic (exact) mass is 247 g/mol. The molecule has 0 saturated carbocycles. The van der Waals surface area contributed by atoms with Crippen LogP contribution in [0.2, 0.25) is 0 Å². The van der Waals surface area contributed by atoms with Crippen molar-refractivity contribution in [3.8, 4) is 5.75 Å². The number of phenols is 1. The number of aromatic nitrogens is 2. The molecule has 1 amide bonds. The molecule has 0 spiro atoms. The van der Waals surface area contributed by atoms with Crippen LogP contribution in [-0.2, 0) is 6.42 Å². The third kappa shape index (κ3) is 2.85. The van der Waals surface area contributed by atoms with Crippen LogP contribution in [0.1, 0.15) is 21.7 Å². The van der Waals surface area contributed by atoms with Crippen molar-refractivity contribution in [2.75, 3.05) is 6.54 Å². The Morgan fingerprint density at radius 3 is 3.00 bits per heavy atom. The van der Waals surface area contributed by atoms with Gasteiger partial charge in [0, 0.05) is 18.5 Å². The number of nitrogens with zero attached hydrogens (tertiary/aromatic N) is 2. The van der Waals surface area contributed by atoms with Crippen molar-refractivity contribution in [2.45, 2.75) is 13.3 Å². The molecule has 6 nitrogen and oxygen atoms in total. The first-order valence-corrected chi connectivity index (χ1v) is 5.50. The average Bonchev–Trinajstić information content (AvgIpc) is 2.81. The molecule has 0 unspecified atom stereocenters. The number of hydrogen-bond acceptors (Lipinski definition) is 5. The van der Waals surface area contributed by atoms with Gasteiger partial charge in [0.25, 0.3) is 5.91 Å². The van der Waals surface area contributed by atoms with Gasteiger partial charge in [-0.15, -0.1) is 0 Å². The number of phenolic OH excluding ortho intramolecular Hbond substituents is 1. The zero-order chi connectivity index (χ0) is 13.0. The normalized spacial score (nSPS) is 10.3. The van der Waals surface area contributed by atoms with Gasteiger partial charge in [-0.2, -0.15) is 4.98 Å². The molecule has 94 valence electrons. The summed E-state index contributed by atoms with van der Waals surface area (Å²) in [4.78, 5) is 15.7. The zero-order valence-corrected chi connectivity index (χ0v) is 9.88. The first kappa shape index (κ1) is 12.1. The number of amides is 1. The highest BCUT2D eigenvalue weighted by atomic mass is 16.5. The molecule has 0 saturated heterocycles. The molecule has 0 aliphatic carbocycles. The van der Waals surface area contributed by atoms with Gasteiger partial charge in [0.15, 0.2) is 5.82 Å². The van der Waals surface area contributed by atoms with E-state index in [9.17, 15) is 9.90 Å². The molecule has 1 heterocycles. The molecular formula is C12H13N3O3. The van der Waals surface area contributed by atoms with Gasteiger partial charge in [-0.05, 0) is 30.7 Å². The Morgan fingerprint density at radius 1 is 1.50 bits per heavy atom. The lowest BCUT2D eigenvalue weighted by Crippen LogP contribution is -2.26. The van der Waals surface area contributed by atoms with Crippen LogP contribution in [0.3, 0.4) is 0 Å². The Morgan fingerprint density at radius 2 is 2.33 bits per heavy atom. The second-order valence-corrected chi connectivity index (χ2v) is 3.85. The zero-order valence-electron chi connectivity index (χ0n) is 9.88. The predicted molar refractivity (Wildman–Crippen MR) is 63.2 cm³/mol. The Balaban J connectivity index is 1.91. The van der Waals surface area contributed by atoms with Gasteiger partial charge in [0.1, 0.15) is 5.75 Å². The van der Waals surface area contributed by atoms with E-state index in [1.807, 2.05) is 0 Å². The summed E-state index contributed by atoms with van der Waals surface area (Å²) >= 11 is 0. The maximum Gasteiger partial charge on any atom is 0.251 e. The second kappa shape index (κ2) is 5.31. The number of benzene rings is 1. The fraction of sp³-hybridized carbons (Fsp3) is 0.250. The van der Waals surface area contributed by atoms with Crippen LogP contribution in [0, 0.1) is 6.92 Å². The van der Waals surface area contributed by atoms with Crippen LogP contribution >= 0.6 is 0 Å². The molecular weight excluding hydrogens is 234 g/mol. The van der Waals surface area contributed by atoms with E-state index >= 15 is 0 Å². The van der Waals surface area contributed by atoms with E-state index in [0.717, 1.165) is 5.56 Å². The van der Waals surface area contributed by atoms with Gasteiger partial charge in [0.05, 0.1) is 0 Å². The Labute approximate surface area is 104 Å². The minimum atomic E-state index is -0.184. The summed E-state index contributed by atoms with van der Waals surface area (Å²) in [6, 6.07) is 4.63. The van der Waals surface area contributed by atoms with E-state index in [1.165, 1.54) is 12.5 Å². The molecule has 0 fully saturated rings. The number of carbonyl (C=O) groups is 1. The maximum absolute atomic E-state index is 11.8. The van der Waals surface area contributed by atoms with Crippen molar-refractivity contribution in [1.82, 2.24) is 15.5 Å². The molecule has 0 radical (unpaired) electrons. The van der Waals surface area contributed by atoms with Gasteiger partial charge >= 0.3 is 0 Å². The Kier molecular flexibility index (Phi) is 3.57. The van der Waals surface area contributed by atoms with Crippen LogP contribution in [-0.4, -0.2) is 27.7 Å². The van der Waals surface area contributed by atoms with E-state index in [-0.39, 0.29) is 11.7 Å². The lowest BCUT2D eigenvalue weighted by molar-refractivity contribution is 0.0953. The van der Waals surface area contributed by atoms with E-state index < -0.39 is 0 Å². The number of aryl methyl sites for hydroxylation is 1. The number of rotatable bonds is 4. The molecule has 0 bridgehead atoms. The quantitative estimate of drug-likeness (QED) is 0.843. The molecule has 0 aliphatic rings. The summed E-state index contributed by atoms with van der Waals surface area (Å²) in [5.74, 6) is 0.518. The minimum Gasteiger partial charge on any atom is -0.508 e. The number of aromatic hydroxyl groups is 1. The standard InChI is InChI=1S/C12H13N3O3/c1-8-6-9(16)2-3-10(8)12(17)13-5-4-11-14-7-18-15-11/h2-3,6-7,16H,4-5H2,1H3,(H,13,17). The van der Waals surface area contributed by atoms with Crippen molar-refractivity contribution >= 4 is 5.91 Å². The molecule has 0 aliphatic heterocycles. The Bertz CT molecular complexity index is 538. The number of carbonyl (C=O) groups excluding carboxylic acids is 1. The number of nitrogens with one attached hydrogen (secondary N) is 1. The van der Waals surface area contributed by atoms with Crippen molar-refractivity contribution in [3.05, 3.63) is 41.5 Å². The second-order valence-electron chi connectivity index (χ2n) is 3.85. The largest absolute Gasteiger partial charge is 0.508 e. The van der Waals surface area contributed by atoms with Crippen LogP contribution in [0.15, 0.2) is 29.1 Å². The molecule has 2 N–H and O–H groups in total. The van der Waals surface area contributed by atoms with Crippen molar-refractivity contribution in [1.29, 1.82) is 0 Å². The fourth-order valence-corrected chi connectivity index (χ4v) is 1.59. The lowest BCUT2D eigenvalue weighted by atomic mass is 10.1. The summed E-state index contributed by atoms with van der Waals surface area (Å²) in [6.45, 7) is 2.20. The average molecular weight is 247 g/mol. The van der Waals surface area contributed by atoms with Gasteiger partial charge in [-0.3, -0.25) is 4.79 Å². The summed E-state index contributed by atoms with van der Waals surface area (Å²) in [7, 11) is 0. The van der Waals surface area contributed by atoms with Gasteiger partial charge in [-0.25, -0.2) is 0 Å². The molecule has 2 rings (SSSR count). The first-order valence-electron chi connectivity index (χ1n) is 5.50.